The lowest BCUT2D eigenvalue weighted by molar-refractivity contribution is 1.19. The zero-order valence-corrected chi connectivity index (χ0v) is 19.1. The molecule has 0 saturated heterocycles. The summed E-state index contributed by atoms with van der Waals surface area (Å²) in [6.45, 7) is 0. The normalized spacial score (nSPS) is 12.1. The van der Waals surface area contributed by atoms with E-state index in [0.29, 0.717) is 0 Å². The second-order valence-corrected chi connectivity index (χ2v) is 9.98. The highest BCUT2D eigenvalue weighted by molar-refractivity contribution is 7.27. The largest absolute Gasteiger partial charge is 0.309 e. The molecule has 0 fully saturated rings. The third-order valence-corrected chi connectivity index (χ3v) is 8.34. The first-order valence-corrected chi connectivity index (χ1v) is 12.4. The third kappa shape index (κ3) is 2.28. The van der Waals surface area contributed by atoms with Gasteiger partial charge in [0, 0.05) is 42.0 Å². The Morgan fingerprint density at radius 3 is 2.00 bits per heavy atom. The second kappa shape index (κ2) is 6.69. The van der Waals surface area contributed by atoms with Gasteiger partial charge in [0.25, 0.3) is 0 Å². The van der Waals surface area contributed by atoms with Crippen LogP contribution in [0.1, 0.15) is 0 Å². The Kier molecular flexibility index (Phi) is 3.60. The minimum Gasteiger partial charge on any atom is -0.309 e. The van der Waals surface area contributed by atoms with E-state index in [0.717, 1.165) is 0 Å². The van der Waals surface area contributed by atoms with Crippen LogP contribution in [0.15, 0.2) is 115 Å². The minimum absolute atomic E-state index is 1.20. The number of nitrogens with zero attached hydrogens (tertiary/aromatic N) is 1. The topological polar surface area (TPSA) is 4.93 Å². The van der Waals surface area contributed by atoms with Gasteiger partial charge in [0.05, 0.1) is 11.0 Å². The van der Waals surface area contributed by atoms with Gasteiger partial charge in [-0.15, -0.1) is 11.3 Å². The molecule has 0 aliphatic heterocycles. The van der Waals surface area contributed by atoms with Crippen molar-refractivity contribution in [3.05, 3.63) is 115 Å². The zero-order valence-electron chi connectivity index (χ0n) is 18.3. The molecule has 2 heteroatoms. The number of fused-ring (bicyclic) bond motifs is 12. The zero-order chi connectivity index (χ0) is 22.2. The second-order valence-electron chi connectivity index (χ2n) is 8.92. The molecule has 0 saturated carbocycles. The Balaban J connectivity index is 1.80. The lowest BCUT2D eigenvalue weighted by atomic mass is 9.97. The van der Waals surface area contributed by atoms with Crippen molar-refractivity contribution in [3.63, 3.8) is 0 Å². The van der Waals surface area contributed by atoms with E-state index in [1.807, 2.05) is 11.3 Å². The average Bonchev–Trinajstić information content (AvgIpc) is 3.46. The molecule has 0 spiro atoms. The number of para-hydroxylation sites is 2. The lowest BCUT2D eigenvalue weighted by Crippen LogP contribution is -1.93. The maximum Gasteiger partial charge on any atom is 0.0640 e. The van der Waals surface area contributed by atoms with Crippen LogP contribution in [-0.4, -0.2) is 4.57 Å². The van der Waals surface area contributed by atoms with Gasteiger partial charge in [-0.3, -0.25) is 0 Å². The summed E-state index contributed by atoms with van der Waals surface area (Å²) >= 11 is 1.92. The highest BCUT2D eigenvalue weighted by Gasteiger charge is 2.22. The van der Waals surface area contributed by atoms with Gasteiger partial charge in [-0.1, -0.05) is 91.0 Å². The molecule has 34 heavy (non-hydrogen) atoms. The van der Waals surface area contributed by atoms with Crippen molar-refractivity contribution in [3.8, 4) is 5.69 Å². The number of hydrogen-bond donors (Lipinski definition) is 0. The molecule has 0 aliphatic carbocycles. The number of rotatable bonds is 1. The molecule has 2 heterocycles. The Morgan fingerprint density at radius 2 is 1.15 bits per heavy atom. The van der Waals surface area contributed by atoms with E-state index >= 15 is 0 Å². The Morgan fingerprint density at radius 1 is 0.471 bits per heavy atom. The first-order valence-electron chi connectivity index (χ1n) is 11.6. The van der Waals surface area contributed by atoms with Gasteiger partial charge in [0.15, 0.2) is 0 Å². The predicted octanol–water partition coefficient (Wildman–Crippen LogP) is 9.46. The standard InChI is InChI=1S/C32H19NS/c1-2-11-21(12-3-1)33-26-17-9-8-16-25(26)28-23-14-6-7-15-24(23)32-30(31(28)33)29-22-13-5-4-10-20(22)18-19-27(29)34-32/h1-19H. The van der Waals surface area contributed by atoms with Crippen LogP contribution in [0.2, 0.25) is 0 Å². The molecule has 8 aromatic rings. The number of thiophene rings is 1. The van der Waals surface area contributed by atoms with Gasteiger partial charge in [0.2, 0.25) is 0 Å². The first-order chi connectivity index (χ1) is 16.9. The van der Waals surface area contributed by atoms with Crippen LogP contribution in [0, 0.1) is 0 Å². The minimum atomic E-state index is 1.20. The number of benzene rings is 6. The van der Waals surface area contributed by atoms with Crippen molar-refractivity contribution in [1.29, 1.82) is 0 Å². The fourth-order valence-electron chi connectivity index (χ4n) is 5.78. The first kappa shape index (κ1) is 18.3. The van der Waals surface area contributed by atoms with Crippen LogP contribution in [0.25, 0.3) is 69.2 Å². The number of hydrogen-bond acceptors (Lipinski definition) is 1. The molecule has 158 valence electrons. The average molecular weight is 450 g/mol. The molecular weight excluding hydrogens is 430 g/mol. The van der Waals surface area contributed by atoms with Crippen molar-refractivity contribution >= 4 is 74.9 Å². The molecular formula is C32H19NS. The molecule has 1 nitrogen and oxygen atoms in total. The van der Waals surface area contributed by atoms with E-state index in [2.05, 4.69) is 120 Å². The van der Waals surface area contributed by atoms with Crippen LogP contribution in [0.4, 0.5) is 0 Å². The fourth-order valence-corrected chi connectivity index (χ4v) is 7.04. The summed E-state index contributed by atoms with van der Waals surface area (Å²) in [4.78, 5) is 0. The number of aromatic nitrogens is 1. The van der Waals surface area contributed by atoms with E-state index in [9.17, 15) is 0 Å². The van der Waals surface area contributed by atoms with E-state index in [-0.39, 0.29) is 0 Å². The Labute approximate surface area is 200 Å². The summed E-state index contributed by atoms with van der Waals surface area (Å²) in [5.41, 5.74) is 3.76. The van der Waals surface area contributed by atoms with Crippen molar-refractivity contribution < 1.29 is 0 Å². The summed E-state index contributed by atoms with van der Waals surface area (Å²) in [7, 11) is 0. The summed E-state index contributed by atoms with van der Waals surface area (Å²) in [5, 5.41) is 10.7. The molecule has 0 atom stereocenters. The SMILES string of the molecule is c1ccc(-n2c3ccccc3c3c4ccccc4c4sc5ccc6ccccc6c5c4c32)cc1. The van der Waals surface area contributed by atoms with Crippen molar-refractivity contribution in [2.45, 2.75) is 0 Å². The monoisotopic (exact) mass is 449 g/mol. The Bertz CT molecular complexity index is 2060. The molecule has 0 radical (unpaired) electrons. The highest BCUT2D eigenvalue weighted by Crippen LogP contribution is 2.49. The van der Waals surface area contributed by atoms with E-state index in [1.54, 1.807) is 0 Å². The van der Waals surface area contributed by atoms with Gasteiger partial charge in [-0.2, -0.15) is 0 Å². The van der Waals surface area contributed by atoms with Crippen molar-refractivity contribution in [2.75, 3.05) is 0 Å². The van der Waals surface area contributed by atoms with Gasteiger partial charge < -0.3 is 4.57 Å². The molecule has 2 aromatic heterocycles. The Hall–Kier alpha value is -4.14. The lowest BCUT2D eigenvalue weighted by Gasteiger charge is -2.11. The maximum atomic E-state index is 2.48. The van der Waals surface area contributed by atoms with E-state index in [4.69, 9.17) is 0 Å². The fraction of sp³-hybridized carbons (Fsp3) is 0. The molecule has 0 unspecified atom stereocenters. The van der Waals surface area contributed by atoms with Crippen LogP contribution < -0.4 is 0 Å². The molecule has 0 aliphatic rings. The molecule has 8 rings (SSSR count). The van der Waals surface area contributed by atoms with Crippen molar-refractivity contribution in [1.82, 2.24) is 4.57 Å². The summed E-state index contributed by atoms with van der Waals surface area (Å²) in [6.07, 6.45) is 0. The summed E-state index contributed by atoms with van der Waals surface area (Å²) in [5.74, 6) is 0. The molecule has 6 aromatic carbocycles. The molecule has 0 N–H and O–H groups in total. The van der Waals surface area contributed by atoms with Gasteiger partial charge in [0.1, 0.15) is 0 Å². The maximum absolute atomic E-state index is 2.48. The van der Waals surface area contributed by atoms with E-state index in [1.165, 1.54) is 69.2 Å². The molecule has 0 amide bonds. The summed E-state index contributed by atoms with van der Waals surface area (Å²) in [6, 6.07) is 42.0. The van der Waals surface area contributed by atoms with Crippen LogP contribution >= 0.6 is 11.3 Å². The predicted molar refractivity (Wildman–Crippen MR) is 149 cm³/mol. The molecule has 0 bridgehead atoms. The van der Waals surface area contributed by atoms with Gasteiger partial charge >= 0.3 is 0 Å². The third-order valence-electron chi connectivity index (χ3n) is 7.15. The van der Waals surface area contributed by atoms with Crippen LogP contribution in [0.3, 0.4) is 0 Å². The summed E-state index contributed by atoms with van der Waals surface area (Å²) < 4.78 is 5.19. The van der Waals surface area contributed by atoms with Gasteiger partial charge in [-0.05, 0) is 40.4 Å². The quantitative estimate of drug-likeness (QED) is 0.235. The van der Waals surface area contributed by atoms with Crippen LogP contribution in [-0.2, 0) is 0 Å². The van der Waals surface area contributed by atoms with E-state index < -0.39 is 0 Å². The van der Waals surface area contributed by atoms with Crippen molar-refractivity contribution in [2.24, 2.45) is 0 Å². The smallest absolute Gasteiger partial charge is 0.0640 e. The van der Waals surface area contributed by atoms with Crippen LogP contribution in [0.5, 0.6) is 0 Å². The highest BCUT2D eigenvalue weighted by atomic mass is 32.1. The van der Waals surface area contributed by atoms with Gasteiger partial charge in [-0.25, -0.2) is 0 Å².